The standard InChI is InChI=1S/C8H10ClN3O3S/c9-5-2-6-4(3-11-8(13)12-6)1-7(5)16(10,14)15/h2,4H,1,3H2,(H2,10,14,15)(H2,11,12,13). The van der Waals surface area contributed by atoms with Crippen LogP contribution in [0.1, 0.15) is 6.42 Å². The van der Waals surface area contributed by atoms with E-state index in [1.807, 2.05) is 0 Å². The fraction of sp³-hybridized carbons (Fsp3) is 0.375. The van der Waals surface area contributed by atoms with Crippen LogP contribution in [0.4, 0.5) is 4.79 Å². The lowest BCUT2D eigenvalue weighted by molar-refractivity contribution is 0.235. The van der Waals surface area contributed by atoms with Gasteiger partial charge in [0.2, 0.25) is 10.0 Å². The number of allylic oxidation sites excluding steroid dienone is 3. The van der Waals surface area contributed by atoms with Gasteiger partial charge < -0.3 is 10.6 Å². The van der Waals surface area contributed by atoms with E-state index in [2.05, 4.69) is 10.6 Å². The zero-order chi connectivity index (χ0) is 11.9. The molecule has 1 fully saturated rings. The van der Waals surface area contributed by atoms with Gasteiger partial charge in [0.1, 0.15) is 0 Å². The number of carbonyl (C=O) groups excluding carboxylic acids is 1. The number of nitrogens with one attached hydrogen (secondary N) is 2. The Morgan fingerprint density at radius 1 is 1.50 bits per heavy atom. The van der Waals surface area contributed by atoms with Gasteiger partial charge in [-0.05, 0) is 12.5 Å². The Labute approximate surface area is 97.6 Å². The Balaban J connectivity index is 2.39. The van der Waals surface area contributed by atoms with E-state index >= 15 is 0 Å². The molecule has 2 rings (SSSR count). The van der Waals surface area contributed by atoms with Gasteiger partial charge in [-0.15, -0.1) is 0 Å². The van der Waals surface area contributed by atoms with E-state index in [9.17, 15) is 13.2 Å². The van der Waals surface area contributed by atoms with Crippen LogP contribution < -0.4 is 15.8 Å². The molecule has 2 amide bonds. The Kier molecular flexibility index (Phi) is 2.69. The second-order valence-corrected chi connectivity index (χ2v) is 5.64. The van der Waals surface area contributed by atoms with Crippen LogP contribution in [0.25, 0.3) is 0 Å². The number of urea groups is 1. The lowest BCUT2D eigenvalue weighted by Crippen LogP contribution is -2.47. The summed E-state index contributed by atoms with van der Waals surface area (Å²) in [5.41, 5.74) is 0.626. The molecule has 1 atom stereocenters. The van der Waals surface area contributed by atoms with Crippen LogP contribution >= 0.6 is 11.6 Å². The minimum atomic E-state index is -3.78. The molecule has 0 bridgehead atoms. The van der Waals surface area contributed by atoms with E-state index in [0.717, 1.165) is 0 Å². The van der Waals surface area contributed by atoms with E-state index in [-0.39, 0.29) is 28.3 Å². The van der Waals surface area contributed by atoms with Gasteiger partial charge in [-0.2, -0.15) is 0 Å². The minimum absolute atomic E-state index is 0.0147. The number of nitrogens with two attached hydrogens (primary N) is 1. The van der Waals surface area contributed by atoms with Crippen molar-refractivity contribution in [3.05, 3.63) is 21.7 Å². The van der Waals surface area contributed by atoms with Gasteiger partial charge in [-0.3, -0.25) is 0 Å². The molecule has 4 N–H and O–H groups in total. The highest BCUT2D eigenvalue weighted by atomic mass is 35.5. The number of hydrogen-bond acceptors (Lipinski definition) is 3. The molecular formula is C8H10ClN3O3S. The van der Waals surface area contributed by atoms with Crippen molar-refractivity contribution in [3.8, 4) is 0 Å². The van der Waals surface area contributed by atoms with Crippen molar-refractivity contribution in [2.45, 2.75) is 6.42 Å². The number of primary sulfonamides is 1. The van der Waals surface area contributed by atoms with E-state index in [4.69, 9.17) is 16.7 Å². The fourth-order valence-corrected chi connectivity index (χ4v) is 3.01. The van der Waals surface area contributed by atoms with Gasteiger partial charge in [0.15, 0.2) is 0 Å². The molecule has 1 aliphatic carbocycles. The quantitative estimate of drug-likeness (QED) is 0.618. The maximum Gasteiger partial charge on any atom is 0.319 e. The van der Waals surface area contributed by atoms with Crippen LogP contribution in [0.5, 0.6) is 0 Å². The molecule has 0 saturated carbocycles. The molecule has 1 saturated heterocycles. The van der Waals surface area contributed by atoms with Crippen molar-refractivity contribution in [1.82, 2.24) is 10.6 Å². The van der Waals surface area contributed by atoms with Crippen molar-refractivity contribution in [2.75, 3.05) is 6.54 Å². The Bertz CT molecular complexity index is 509. The summed E-state index contributed by atoms with van der Waals surface area (Å²) < 4.78 is 22.5. The molecule has 1 heterocycles. The average molecular weight is 264 g/mol. The number of fused-ring (bicyclic) bond motifs is 1. The normalized spacial score (nSPS) is 25.5. The average Bonchev–Trinajstić information content (AvgIpc) is 2.14. The first kappa shape index (κ1) is 11.4. The highest BCUT2D eigenvalue weighted by Crippen LogP contribution is 2.32. The topological polar surface area (TPSA) is 101 Å². The Hall–Kier alpha value is -1.05. The molecule has 1 unspecified atom stereocenters. The summed E-state index contributed by atoms with van der Waals surface area (Å²) in [6, 6.07) is -0.314. The number of amides is 2. The highest BCUT2D eigenvalue weighted by molar-refractivity contribution is 7.93. The third-order valence-corrected chi connectivity index (χ3v) is 4.05. The molecular weight excluding hydrogens is 254 g/mol. The van der Waals surface area contributed by atoms with E-state index in [1.165, 1.54) is 6.08 Å². The van der Waals surface area contributed by atoms with Crippen LogP contribution in [0.15, 0.2) is 21.7 Å². The third kappa shape index (κ3) is 2.06. The molecule has 8 heteroatoms. The van der Waals surface area contributed by atoms with Crippen LogP contribution in [0.3, 0.4) is 0 Å². The molecule has 6 nitrogen and oxygen atoms in total. The van der Waals surface area contributed by atoms with Crippen LogP contribution in [0, 0.1) is 5.92 Å². The van der Waals surface area contributed by atoms with E-state index in [0.29, 0.717) is 12.2 Å². The van der Waals surface area contributed by atoms with Crippen molar-refractivity contribution in [3.63, 3.8) is 0 Å². The summed E-state index contributed by atoms with van der Waals surface area (Å²) in [5, 5.41) is 10.3. The summed E-state index contributed by atoms with van der Waals surface area (Å²) in [7, 11) is -3.78. The molecule has 16 heavy (non-hydrogen) atoms. The van der Waals surface area contributed by atoms with Crippen molar-refractivity contribution in [2.24, 2.45) is 11.1 Å². The predicted molar refractivity (Wildman–Crippen MR) is 58.7 cm³/mol. The molecule has 0 aromatic rings. The zero-order valence-corrected chi connectivity index (χ0v) is 9.73. The molecule has 0 spiro atoms. The first-order chi connectivity index (χ1) is 7.38. The third-order valence-electron chi connectivity index (χ3n) is 2.53. The smallest absolute Gasteiger partial charge is 0.319 e. The summed E-state index contributed by atoms with van der Waals surface area (Å²) >= 11 is 5.81. The molecule has 2 aliphatic rings. The molecule has 0 radical (unpaired) electrons. The van der Waals surface area contributed by atoms with Gasteiger partial charge in [-0.25, -0.2) is 18.4 Å². The number of halogens is 1. The Morgan fingerprint density at radius 2 is 2.19 bits per heavy atom. The summed E-state index contributed by atoms with van der Waals surface area (Å²) in [6.45, 7) is 0.376. The molecule has 0 aromatic carbocycles. The van der Waals surface area contributed by atoms with Gasteiger partial charge in [-0.1, -0.05) is 11.6 Å². The van der Waals surface area contributed by atoms with Crippen molar-refractivity contribution >= 4 is 27.7 Å². The molecule has 1 aliphatic heterocycles. The van der Waals surface area contributed by atoms with E-state index in [1.54, 1.807) is 0 Å². The largest absolute Gasteiger partial charge is 0.337 e. The monoisotopic (exact) mass is 263 g/mol. The van der Waals surface area contributed by atoms with Crippen molar-refractivity contribution < 1.29 is 13.2 Å². The maximum atomic E-state index is 11.2. The second kappa shape index (κ2) is 3.76. The molecule has 88 valence electrons. The summed E-state index contributed by atoms with van der Waals surface area (Å²) in [6.07, 6.45) is 1.64. The minimum Gasteiger partial charge on any atom is -0.337 e. The first-order valence-corrected chi connectivity index (χ1v) is 6.48. The van der Waals surface area contributed by atoms with Gasteiger partial charge in [0.25, 0.3) is 0 Å². The second-order valence-electron chi connectivity index (χ2n) is 3.65. The number of sulfonamides is 1. The lowest BCUT2D eigenvalue weighted by Gasteiger charge is -2.30. The van der Waals surface area contributed by atoms with Crippen molar-refractivity contribution in [1.29, 1.82) is 0 Å². The number of carbonyl (C=O) groups is 1. The van der Waals surface area contributed by atoms with Crippen LogP contribution in [-0.4, -0.2) is 21.0 Å². The number of rotatable bonds is 1. The maximum absolute atomic E-state index is 11.2. The predicted octanol–water partition coefficient (Wildman–Crippen LogP) is -0.0581. The fourth-order valence-electron chi connectivity index (χ4n) is 1.73. The number of hydrogen-bond donors (Lipinski definition) is 3. The van der Waals surface area contributed by atoms with Crippen LogP contribution in [-0.2, 0) is 10.0 Å². The van der Waals surface area contributed by atoms with Crippen LogP contribution in [0.2, 0.25) is 0 Å². The summed E-state index contributed by atoms with van der Waals surface area (Å²) in [4.78, 5) is 11.1. The van der Waals surface area contributed by atoms with Gasteiger partial charge in [0.05, 0.1) is 9.94 Å². The highest BCUT2D eigenvalue weighted by Gasteiger charge is 2.31. The lowest BCUT2D eigenvalue weighted by atomic mass is 9.95. The van der Waals surface area contributed by atoms with Gasteiger partial charge in [0, 0.05) is 18.2 Å². The summed E-state index contributed by atoms with van der Waals surface area (Å²) in [5.74, 6) is -0.117. The molecule has 0 aromatic heterocycles. The van der Waals surface area contributed by atoms with E-state index < -0.39 is 10.0 Å². The zero-order valence-electron chi connectivity index (χ0n) is 8.16. The van der Waals surface area contributed by atoms with Gasteiger partial charge >= 0.3 is 6.03 Å². The SMILES string of the molecule is NS(=O)(=O)C1=C(Cl)C=C2NC(=O)NCC2C1. The first-order valence-electron chi connectivity index (χ1n) is 4.56. The Morgan fingerprint density at radius 3 is 2.81 bits per heavy atom.